The van der Waals surface area contributed by atoms with Crippen molar-refractivity contribution in [2.24, 2.45) is 0 Å². The number of allylic oxidation sites excluding steroid dienone is 1. The molecule has 1 atom stereocenters. The Labute approximate surface area is 168 Å². The van der Waals surface area contributed by atoms with Gasteiger partial charge < -0.3 is 0 Å². The van der Waals surface area contributed by atoms with E-state index in [0.717, 1.165) is 18.7 Å². The standard InChI is InChI=1S/C20H22N4O3S/c21-11-17-16(15-8-4-5-9-18(15)24(26)27)10-19(25)23-12-22(13-28-20(17)23)14-6-2-1-3-7-14/h4-5,8-9,14,16H,1-3,6-7,10,12-13H2. The largest absolute Gasteiger partial charge is 0.292 e. The van der Waals surface area contributed by atoms with Gasteiger partial charge >= 0.3 is 0 Å². The number of thioether (sulfide) groups is 1. The maximum atomic E-state index is 13.0. The molecule has 3 aliphatic rings. The highest BCUT2D eigenvalue weighted by Gasteiger charge is 2.41. The van der Waals surface area contributed by atoms with Crippen LogP contribution in [0.15, 0.2) is 34.9 Å². The summed E-state index contributed by atoms with van der Waals surface area (Å²) >= 11 is 1.52. The second kappa shape index (κ2) is 7.94. The minimum Gasteiger partial charge on any atom is -0.292 e. The minimum absolute atomic E-state index is 0.0354. The van der Waals surface area contributed by atoms with Crippen molar-refractivity contribution in [1.82, 2.24) is 9.80 Å². The van der Waals surface area contributed by atoms with Crippen LogP contribution < -0.4 is 0 Å². The fourth-order valence-electron chi connectivity index (χ4n) is 4.47. The van der Waals surface area contributed by atoms with E-state index >= 15 is 0 Å². The van der Waals surface area contributed by atoms with Gasteiger partial charge in [0, 0.05) is 30.0 Å². The van der Waals surface area contributed by atoms with Crippen LogP contribution in [-0.4, -0.2) is 39.2 Å². The van der Waals surface area contributed by atoms with E-state index in [1.807, 2.05) is 0 Å². The number of amides is 1. The molecule has 4 rings (SSSR count). The van der Waals surface area contributed by atoms with Crippen LogP contribution in [0.2, 0.25) is 0 Å². The van der Waals surface area contributed by atoms with Gasteiger partial charge in [0.1, 0.15) is 0 Å². The Hall–Kier alpha value is -2.37. The third-order valence-electron chi connectivity index (χ3n) is 5.91. The van der Waals surface area contributed by atoms with Crippen LogP contribution in [0.1, 0.15) is 50.0 Å². The van der Waals surface area contributed by atoms with Gasteiger partial charge in [-0.15, -0.1) is 0 Å². The predicted molar refractivity (Wildman–Crippen MR) is 106 cm³/mol. The zero-order valence-electron chi connectivity index (χ0n) is 15.5. The monoisotopic (exact) mass is 398 g/mol. The van der Waals surface area contributed by atoms with E-state index in [1.165, 1.54) is 37.1 Å². The zero-order chi connectivity index (χ0) is 19.7. The van der Waals surface area contributed by atoms with E-state index < -0.39 is 10.8 Å². The Morgan fingerprint density at radius 3 is 2.68 bits per heavy atom. The number of nitrogens with zero attached hydrogens (tertiary/aromatic N) is 4. The molecule has 0 aromatic heterocycles. The molecule has 7 nitrogen and oxygen atoms in total. The quantitative estimate of drug-likeness (QED) is 0.566. The number of benzene rings is 1. The van der Waals surface area contributed by atoms with Gasteiger partial charge in [0.05, 0.1) is 34.1 Å². The van der Waals surface area contributed by atoms with E-state index in [-0.39, 0.29) is 18.0 Å². The van der Waals surface area contributed by atoms with Crippen molar-refractivity contribution in [2.75, 3.05) is 12.5 Å². The Bertz CT molecular complexity index is 872. The van der Waals surface area contributed by atoms with E-state index in [4.69, 9.17) is 0 Å². The first-order valence-electron chi connectivity index (χ1n) is 9.65. The SMILES string of the molecule is N#CC1=C2SCN(C3CCCCC3)CN2C(=O)CC1c1ccccc1[N+](=O)[O-]. The maximum absolute atomic E-state index is 13.0. The number of fused-ring (bicyclic) bond motifs is 1. The molecular weight excluding hydrogens is 376 g/mol. The van der Waals surface area contributed by atoms with Gasteiger partial charge in [-0.3, -0.25) is 24.7 Å². The highest BCUT2D eigenvalue weighted by Crippen LogP contribution is 2.45. The van der Waals surface area contributed by atoms with Crippen LogP contribution in [0.3, 0.4) is 0 Å². The molecule has 1 aromatic rings. The van der Waals surface area contributed by atoms with Crippen LogP contribution in [0.4, 0.5) is 5.69 Å². The molecule has 1 saturated heterocycles. The number of nitriles is 1. The summed E-state index contributed by atoms with van der Waals surface area (Å²) in [6, 6.07) is 9.17. The molecule has 0 spiro atoms. The highest BCUT2D eigenvalue weighted by molar-refractivity contribution is 8.03. The Kier molecular flexibility index (Phi) is 5.38. The topological polar surface area (TPSA) is 90.5 Å². The number of hydrogen-bond acceptors (Lipinski definition) is 6. The molecule has 0 N–H and O–H groups in total. The smallest absolute Gasteiger partial charge is 0.273 e. The predicted octanol–water partition coefficient (Wildman–Crippen LogP) is 3.94. The summed E-state index contributed by atoms with van der Waals surface area (Å²) < 4.78 is 0. The van der Waals surface area contributed by atoms with Crippen LogP contribution in [0, 0.1) is 21.4 Å². The summed E-state index contributed by atoms with van der Waals surface area (Å²) in [6.45, 7) is 0.515. The number of carbonyl (C=O) groups excluding carboxylic acids is 1. The lowest BCUT2D eigenvalue weighted by Gasteiger charge is -2.44. The molecule has 2 heterocycles. The van der Waals surface area contributed by atoms with Crippen molar-refractivity contribution in [2.45, 2.75) is 50.5 Å². The third kappa shape index (κ3) is 3.40. The number of hydrogen-bond donors (Lipinski definition) is 0. The Morgan fingerprint density at radius 1 is 1.21 bits per heavy atom. The summed E-state index contributed by atoms with van der Waals surface area (Å²) in [7, 11) is 0. The molecule has 2 aliphatic heterocycles. The Morgan fingerprint density at radius 2 is 1.96 bits per heavy atom. The first-order valence-corrected chi connectivity index (χ1v) is 10.6. The summed E-state index contributed by atoms with van der Waals surface area (Å²) in [5.74, 6) is 0.128. The zero-order valence-corrected chi connectivity index (χ0v) is 16.4. The van der Waals surface area contributed by atoms with Crippen LogP contribution in [-0.2, 0) is 4.79 Å². The van der Waals surface area contributed by atoms with E-state index in [0.29, 0.717) is 28.9 Å². The lowest BCUT2D eigenvalue weighted by Crippen LogP contribution is -2.51. The van der Waals surface area contributed by atoms with Crippen molar-refractivity contribution < 1.29 is 9.72 Å². The van der Waals surface area contributed by atoms with Gasteiger partial charge in [-0.1, -0.05) is 49.2 Å². The summed E-state index contributed by atoms with van der Waals surface area (Å²) in [5.41, 5.74) is 0.883. The molecule has 1 unspecified atom stereocenters. The maximum Gasteiger partial charge on any atom is 0.273 e. The van der Waals surface area contributed by atoms with E-state index in [9.17, 15) is 20.2 Å². The lowest BCUT2D eigenvalue weighted by atomic mass is 9.85. The van der Waals surface area contributed by atoms with Gasteiger partial charge in [0.2, 0.25) is 5.91 Å². The van der Waals surface area contributed by atoms with Crippen LogP contribution in [0.5, 0.6) is 0 Å². The average Bonchev–Trinajstić information content (AvgIpc) is 2.74. The van der Waals surface area contributed by atoms with E-state index in [2.05, 4.69) is 11.0 Å². The van der Waals surface area contributed by atoms with Crippen molar-refractivity contribution in [3.63, 3.8) is 0 Å². The van der Waals surface area contributed by atoms with Crippen LogP contribution >= 0.6 is 11.8 Å². The van der Waals surface area contributed by atoms with Crippen LogP contribution in [0.25, 0.3) is 0 Å². The molecule has 0 bridgehead atoms. The average molecular weight is 398 g/mol. The molecule has 1 saturated carbocycles. The first-order chi connectivity index (χ1) is 13.6. The van der Waals surface area contributed by atoms with Crippen molar-refractivity contribution in [3.8, 4) is 6.07 Å². The normalized spacial score (nSPS) is 24.0. The van der Waals surface area contributed by atoms with Gasteiger partial charge in [0.15, 0.2) is 0 Å². The molecule has 1 aliphatic carbocycles. The molecule has 8 heteroatoms. The first kappa shape index (κ1) is 19.0. The van der Waals surface area contributed by atoms with Gasteiger partial charge in [-0.2, -0.15) is 5.26 Å². The minimum atomic E-state index is -0.556. The molecule has 1 aromatic carbocycles. The van der Waals surface area contributed by atoms with Gasteiger partial charge in [-0.25, -0.2) is 0 Å². The lowest BCUT2D eigenvalue weighted by molar-refractivity contribution is -0.385. The number of nitro benzene ring substituents is 1. The highest BCUT2D eigenvalue weighted by atomic mass is 32.2. The molecule has 1 amide bonds. The fourth-order valence-corrected chi connectivity index (χ4v) is 5.71. The third-order valence-corrected chi connectivity index (χ3v) is 7.09. The number of rotatable bonds is 3. The van der Waals surface area contributed by atoms with Crippen molar-refractivity contribution >= 4 is 23.4 Å². The number of nitro groups is 1. The summed E-state index contributed by atoms with van der Waals surface area (Å²) in [5, 5.41) is 22.0. The molecule has 0 radical (unpaired) electrons. The van der Waals surface area contributed by atoms with Crippen molar-refractivity contribution in [3.05, 3.63) is 50.5 Å². The molecule has 28 heavy (non-hydrogen) atoms. The van der Waals surface area contributed by atoms with Gasteiger partial charge in [0.25, 0.3) is 5.69 Å². The summed E-state index contributed by atoms with van der Waals surface area (Å²) in [4.78, 5) is 28.0. The molecule has 2 fully saturated rings. The van der Waals surface area contributed by atoms with Gasteiger partial charge in [-0.05, 0) is 12.8 Å². The second-order valence-electron chi connectivity index (χ2n) is 7.52. The second-order valence-corrected chi connectivity index (χ2v) is 8.45. The summed E-state index contributed by atoms with van der Waals surface area (Å²) in [6.07, 6.45) is 6.15. The number of para-hydroxylation sites is 1. The number of carbonyl (C=O) groups is 1. The molecule has 146 valence electrons. The van der Waals surface area contributed by atoms with Crippen molar-refractivity contribution in [1.29, 1.82) is 5.26 Å². The molecular formula is C20H22N4O3S. The fraction of sp³-hybridized carbons (Fsp3) is 0.500. The van der Waals surface area contributed by atoms with E-state index in [1.54, 1.807) is 23.1 Å². The Balaban J connectivity index is 1.66.